The summed E-state index contributed by atoms with van der Waals surface area (Å²) in [5.74, 6) is -0.586. The fourth-order valence-corrected chi connectivity index (χ4v) is 3.87. The lowest BCUT2D eigenvalue weighted by Gasteiger charge is -2.12. The lowest BCUT2D eigenvalue weighted by Crippen LogP contribution is -2.36. The van der Waals surface area contributed by atoms with Crippen LogP contribution in [0.15, 0.2) is 58.8 Å². The molecule has 1 aromatic heterocycles. The highest BCUT2D eigenvalue weighted by atomic mass is 32.2. The SMILES string of the molecule is O=C(/C=C/c1ccccc1)NCCN1C(=O)S/C(=C\c2cccs2)C1=O. The summed E-state index contributed by atoms with van der Waals surface area (Å²) in [5.41, 5.74) is 0.923. The first-order valence-electron chi connectivity index (χ1n) is 7.93. The molecule has 1 aliphatic rings. The van der Waals surface area contributed by atoms with Crippen LogP contribution in [-0.4, -0.2) is 35.0 Å². The maximum Gasteiger partial charge on any atom is 0.293 e. The Hall–Kier alpha value is -2.64. The first-order chi connectivity index (χ1) is 12.6. The van der Waals surface area contributed by atoms with Gasteiger partial charge in [-0.05, 0) is 40.9 Å². The fourth-order valence-electron chi connectivity index (χ4n) is 2.28. The van der Waals surface area contributed by atoms with Gasteiger partial charge in [-0.1, -0.05) is 36.4 Å². The van der Waals surface area contributed by atoms with Gasteiger partial charge < -0.3 is 5.32 Å². The summed E-state index contributed by atoms with van der Waals surface area (Å²) in [4.78, 5) is 38.7. The number of thioether (sulfide) groups is 1. The van der Waals surface area contributed by atoms with E-state index in [2.05, 4.69) is 5.32 Å². The van der Waals surface area contributed by atoms with Gasteiger partial charge in [0.2, 0.25) is 5.91 Å². The number of thiophene rings is 1. The monoisotopic (exact) mass is 384 g/mol. The maximum atomic E-state index is 12.3. The molecular formula is C19H16N2O3S2. The highest BCUT2D eigenvalue weighted by molar-refractivity contribution is 8.18. The molecule has 0 spiro atoms. The number of amides is 3. The van der Waals surface area contributed by atoms with Gasteiger partial charge in [0.05, 0.1) is 4.91 Å². The van der Waals surface area contributed by atoms with Crippen molar-refractivity contribution in [3.05, 3.63) is 69.3 Å². The molecule has 1 aromatic carbocycles. The molecule has 0 saturated carbocycles. The minimum atomic E-state index is -0.317. The van der Waals surface area contributed by atoms with Gasteiger partial charge in [0, 0.05) is 24.0 Å². The van der Waals surface area contributed by atoms with E-state index in [1.54, 1.807) is 12.2 Å². The highest BCUT2D eigenvalue weighted by Gasteiger charge is 2.34. The highest BCUT2D eigenvalue weighted by Crippen LogP contribution is 2.32. The number of carbonyl (C=O) groups excluding carboxylic acids is 3. The maximum absolute atomic E-state index is 12.3. The van der Waals surface area contributed by atoms with Crippen LogP contribution in [0.4, 0.5) is 4.79 Å². The Morgan fingerprint density at radius 3 is 2.65 bits per heavy atom. The third-order valence-electron chi connectivity index (χ3n) is 3.55. The van der Waals surface area contributed by atoms with Crippen molar-refractivity contribution in [1.82, 2.24) is 10.2 Å². The molecule has 7 heteroatoms. The Morgan fingerprint density at radius 2 is 1.92 bits per heavy atom. The van der Waals surface area contributed by atoms with Crippen LogP contribution in [0.5, 0.6) is 0 Å². The van der Waals surface area contributed by atoms with Crippen molar-refractivity contribution in [3.8, 4) is 0 Å². The summed E-state index contributed by atoms with van der Waals surface area (Å²) in [6, 6.07) is 13.2. The van der Waals surface area contributed by atoms with Crippen molar-refractivity contribution in [2.75, 3.05) is 13.1 Å². The molecule has 3 rings (SSSR count). The van der Waals surface area contributed by atoms with E-state index in [9.17, 15) is 14.4 Å². The summed E-state index contributed by atoms with van der Waals surface area (Å²) in [7, 11) is 0. The average molecular weight is 384 g/mol. The predicted octanol–water partition coefficient (Wildman–Crippen LogP) is 3.61. The van der Waals surface area contributed by atoms with Crippen LogP contribution in [0.2, 0.25) is 0 Å². The number of benzene rings is 1. The van der Waals surface area contributed by atoms with E-state index >= 15 is 0 Å². The molecule has 3 amide bonds. The van der Waals surface area contributed by atoms with Gasteiger partial charge in [0.25, 0.3) is 11.1 Å². The van der Waals surface area contributed by atoms with E-state index in [4.69, 9.17) is 0 Å². The molecule has 5 nitrogen and oxygen atoms in total. The minimum absolute atomic E-state index is 0.150. The van der Waals surface area contributed by atoms with Crippen molar-refractivity contribution in [2.24, 2.45) is 0 Å². The molecule has 26 heavy (non-hydrogen) atoms. The number of hydrogen-bond donors (Lipinski definition) is 1. The lowest BCUT2D eigenvalue weighted by molar-refractivity contribution is -0.123. The number of nitrogens with one attached hydrogen (secondary N) is 1. The number of imide groups is 1. The Balaban J connectivity index is 1.50. The number of nitrogens with zero attached hydrogens (tertiary/aromatic N) is 1. The second kappa shape index (κ2) is 8.64. The Morgan fingerprint density at radius 1 is 1.12 bits per heavy atom. The van der Waals surface area contributed by atoms with Crippen molar-refractivity contribution in [1.29, 1.82) is 0 Å². The van der Waals surface area contributed by atoms with Crippen molar-refractivity contribution in [3.63, 3.8) is 0 Å². The zero-order valence-corrected chi connectivity index (χ0v) is 15.4. The zero-order chi connectivity index (χ0) is 18.4. The lowest BCUT2D eigenvalue weighted by atomic mass is 10.2. The Bertz CT molecular complexity index is 858. The second-order valence-electron chi connectivity index (χ2n) is 5.38. The van der Waals surface area contributed by atoms with Gasteiger partial charge in [-0.15, -0.1) is 11.3 Å². The molecule has 0 unspecified atom stereocenters. The number of carbonyl (C=O) groups is 3. The van der Waals surface area contributed by atoms with Gasteiger partial charge in [0.1, 0.15) is 0 Å². The van der Waals surface area contributed by atoms with Crippen LogP contribution < -0.4 is 5.32 Å². The van der Waals surface area contributed by atoms with Crippen LogP contribution in [-0.2, 0) is 9.59 Å². The summed E-state index contributed by atoms with van der Waals surface area (Å²) < 4.78 is 0. The van der Waals surface area contributed by atoms with E-state index in [1.807, 2.05) is 47.8 Å². The third-order valence-corrected chi connectivity index (χ3v) is 5.28. The predicted molar refractivity (Wildman–Crippen MR) is 105 cm³/mol. The van der Waals surface area contributed by atoms with Crippen LogP contribution in [0.25, 0.3) is 12.2 Å². The quantitative estimate of drug-likeness (QED) is 0.773. The second-order valence-corrected chi connectivity index (χ2v) is 7.36. The van der Waals surface area contributed by atoms with Gasteiger partial charge in [-0.2, -0.15) is 0 Å². The largest absolute Gasteiger partial charge is 0.351 e. The van der Waals surface area contributed by atoms with Gasteiger partial charge in [-0.3, -0.25) is 19.3 Å². The minimum Gasteiger partial charge on any atom is -0.351 e. The smallest absolute Gasteiger partial charge is 0.293 e. The summed E-state index contributed by atoms with van der Waals surface area (Å²) >= 11 is 2.43. The van der Waals surface area contributed by atoms with Crippen molar-refractivity contribution in [2.45, 2.75) is 0 Å². The number of hydrogen-bond acceptors (Lipinski definition) is 5. The molecule has 132 valence electrons. The van der Waals surface area contributed by atoms with E-state index in [0.29, 0.717) is 4.91 Å². The molecule has 1 aliphatic heterocycles. The summed E-state index contributed by atoms with van der Waals surface area (Å²) in [6.07, 6.45) is 4.86. The molecule has 0 radical (unpaired) electrons. The van der Waals surface area contributed by atoms with E-state index in [0.717, 1.165) is 27.1 Å². The van der Waals surface area contributed by atoms with Crippen LogP contribution in [0, 0.1) is 0 Å². The van der Waals surface area contributed by atoms with Gasteiger partial charge >= 0.3 is 0 Å². The van der Waals surface area contributed by atoms with Crippen molar-refractivity contribution >= 4 is 52.3 Å². The Kier molecular flexibility index (Phi) is 6.04. The molecular weight excluding hydrogens is 368 g/mol. The topological polar surface area (TPSA) is 66.5 Å². The van der Waals surface area contributed by atoms with E-state index < -0.39 is 0 Å². The summed E-state index contributed by atoms with van der Waals surface area (Å²) in [6.45, 7) is 0.361. The van der Waals surface area contributed by atoms with E-state index in [1.165, 1.54) is 17.4 Å². The standard InChI is InChI=1S/C19H16N2O3S2/c22-17(9-8-14-5-2-1-3-6-14)20-10-11-21-18(23)16(26-19(21)24)13-15-7-4-12-25-15/h1-9,12-13H,10-11H2,(H,20,22)/b9-8+,16-13-. The molecule has 0 atom stereocenters. The number of rotatable bonds is 6. The molecule has 2 aromatic rings. The molecule has 1 N–H and O–H groups in total. The first kappa shape index (κ1) is 18.2. The van der Waals surface area contributed by atoms with Crippen molar-refractivity contribution < 1.29 is 14.4 Å². The molecule has 0 aliphatic carbocycles. The normalized spacial score (nSPS) is 16.0. The molecule has 2 heterocycles. The molecule has 0 bridgehead atoms. The molecule has 1 fully saturated rings. The molecule has 1 saturated heterocycles. The Labute approximate surface area is 159 Å². The van der Waals surface area contributed by atoms with E-state index in [-0.39, 0.29) is 30.1 Å². The van der Waals surface area contributed by atoms with Crippen LogP contribution >= 0.6 is 23.1 Å². The zero-order valence-electron chi connectivity index (χ0n) is 13.8. The van der Waals surface area contributed by atoms with Crippen LogP contribution in [0.3, 0.4) is 0 Å². The fraction of sp³-hybridized carbons (Fsp3) is 0.105. The summed E-state index contributed by atoms with van der Waals surface area (Å²) in [5, 5.41) is 4.28. The van der Waals surface area contributed by atoms with Crippen LogP contribution in [0.1, 0.15) is 10.4 Å². The third kappa shape index (κ3) is 4.71. The van der Waals surface area contributed by atoms with Gasteiger partial charge in [0.15, 0.2) is 0 Å². The average Bonchev–Trinajstić information content (AvgIpc) is 3.24. The first-order valence-corrected chi connectivity index (χ1v) is 9.63. The van der Waals surface area contributed by atoms with Gasteiger partial charge in [-0.25, -0.2) is 0 Å².